The zero-order valence-corrected chi connectivity index (χ0v) is 18.9. The first-order valence-corrected chi connectivity index (χ1v) is 10.9. The first-order chi connectivity index (χ1) is 17.5. The Kier molecular flexibility index (Phi) is 7.31. The first kappa shape index (κ1) is 25.9. The van der Waals surface area contributed by atoms with E-state index in [1.807, 2.05) is 0 Å². The van der Waals surface area contributed by atoms with E-state index in [2.05, 4.69) is 0 Å². The second kappa shape index (κ2) is 10.4. The summed E-state index contributed by atoms with van der Waals surface area (Å²) in [6.07, 6.45) is -9.47. The highest BCUT2D eigenvalue weighted by Crippen LogP contribution is 2.34. The second-order valence-electron chi connectivity index (χ2n) is 8.22. The molecule has 4 rings (SSSR count). The van der Waals surface area contributed by atoms with E-state index >= 15 is 0 Å². The molecule has 0 amide bonds. The van der Waals surface area contributed by atoms with E-state index in [9.17, 15) is 39.9 Å². The number of ether oxygens (including phenoxy) is 3. The van der Waals surface area contributed by atoms with Crippen molar-refractivity contribution in [3.05, 3.63) is 52.7 Å². The SMILES string of the molecule is O=C(O)CC(=O)OC[C@H]1O[C@@H](Oc2cc(O)cc3oc(-c4ccc(O)cc4)cc(=O)c23)[C@@H](O)[C@@H](O)[C@@H]1O. The van der Waals surface area contributed by atoms with Gasteiger partial charge in [-0.1, -0.05) is 0 Å². The van der Waals surface area contributed by atoms with E-state index < -0.39 is 61.1 Å². The number of hydrogen-bond acceptors (Lipinski definition) is 12. The number of carbonyl (C=O) groups excluding carboxylic acids is 1. The smallest absolute Gasteiger partial charge is 0.317 e. The van der Waals surface area contributed by atoms with E-state index in [1.54, 1.807) is 0 Å². The molecular weight excluding hydrogens is 496 g/mol. The maximum atomic E-state index is 13.0. The summed E-state index contributed by atoms with van der Waals surface area (Å²) in [5, 5.41) is 59.0. The van der Waals surface area contributed by atoms with Gasteiger partial charge in [-0.25, -0.2) is 0 Å². The molecule has 6 N–H and O–H groups in total. The number of aliphatic hydroxyl groups excluding tert-OH is 3. The number of carboxylic acid groups (broad SMARTS) is 1. The molecule has 0 saturated carbocycles. The van der Waals surface area contributed by atoms with E-state index in [4.69, 9.17) is 23.7 Å². The van der Waals surface area contributed by atoms with Crippen molar-refractivity contribution >= 4 is 22.9 Å². The van der Waals surface area contributed by atoms with Crippen LogP contribution in [0.3, 0.4) is 0 Å². The number of phenolic OH excluding ortho intramolecular Hbond substituents is 2. The Bertz CT molecular complexity index is 1360. The standard InChI is InChI=1S/C24H22O13/c25-11-3-1-10(2-4-11)14-7-13(27)20-15(35-14)5-12(26)6-16(20)36-24-23(33)22(32)21(31)17(37-24)9-34-19(30)8-18(28)29/h1-7,17,21-26,31-33H,8-9H2,(H,28,29)/t17-,21-,22+,23+,24-/m1/s1. The first-order valence-electron chi connectivity index (χ1n) is 10.9. The molecule has 13 nitrogen and oxygen atoms in total. The van der Waals surface area contributed by atoms with Gasteiger partial charge in [0.05, 0.1) is 0 Å². The van der Waals surface area contributed by atoms with Crippen LogP contribution < -0.4 is 10.2 Å². The van der Waals surface area contributed by atoms with Crippen LogP contribution in [0.25, 0.3) is 22.3 Å². The highest BCUT2D eigenvalue weighted by molar-refractivity contribution is 5.90. The summed E-state index contributed by atoms with van der Waals surface area (Å²) in [7, 11) is 0. The van der Waals surface area contributed by atoms with Gasteiger partial charge in [0.25, 0.3) is 0 Å². The van der Waals surface area contributed by atoms with Crippen LogP contribution in [0.5, 0.6) is 17.2 Å². The number of esters is 1. The Morgan fingerprint density at radius 3 is 2.30 bits per heavy atom. The topological polar surface area (TPSA) is 213 Å². The predicted molar refractivity (Wildman–Crippen MR) is 122 cm³/mol. The van der Waals surface area contributed by atoms with Crippen molar-refractivity contribution in [3.63, 3.8) is 0 Å². The van der Waals surface area contributed by atoms with Gasteiger partial charge in [-0.2, -0.15) is 0 Å². The lowest BCUT2D eigenvalue weighted by Crippen LogP contribution is -2.60. The number of aliphatic hydroxyl groups is 3. The lowest BCUT2D eigenvalue weighted by molar-refractivity contribution is -0.278. The maximum Gasteiger partial charge on any atom is 0.317 e. The fourth-order valence-electron chi connectivity index (χ4n) is 3.73. The molecule has 1 aliphatic rings. The average molecular weight is 518 g/mol. The van der Waals surface area contributed by atoms with Gasteiger partial charge in [0, 0.05) is 23.8 Å². The molecule has 37 heavy (non-hydrogen) atoms. The Balaban J connectivity index is 1.62. The van der Waals surface area contributed by atoms with Crippen molar-refractivity contribution in [3.8, 4) is 28.6 Å². The van der Waals surface area contributed by atoms with Crippen LogP contribution in [0.4, 0.5) is 0 Å². The monoisotopic (exact) mass is 518 g/mol. The molecule has 1 aromatic heterocycles. The van der Waals surface area contributed by atoms with E-state index in [0.29, 0.717) is 5.56 Å². The third-order valence-electron chi connectivity index (χ3n) is 5.55. The molecule has 1 aliphatic heterocycles. The highest BCUT2D eigenvalue weighted by atomic mass is 16.7. The van der Waals surface area contributed by atoms with Gasteiger partial charge >= 0.3 is 11.9 Å². The predicted octanol–water partition coefficient (Wildman–Crippen LogP) is 0.0755. The normalized spacial score (nSPS) is 23.5. The summed E-state index contributed by atoms with van der Waals surface area (Å²) in [6.45, 7) is -0.671. The summed E-state index contributed by atoms with van der Waals surface area (Å²) in [6, 6.07) is 9.19. The lowest BCUT2D eigenvalue weighted by Gasteiger charge is -2.39. The van der Waals surface area contributed by atoms with Crippen LogP contribution in [-0.4, -0.2) is 79.9 Å². The molecule has 0 spiro atoms. The molecular formula is C24H22O13. The van der Waals surface area contributed by atoms with Crippen molar-refractivity contribution in [2.75, 3.05) is 6.61 Å². The Morgan fingerprint density at radius 2 is 1.62 bits per heavy atom. The van der Waals surface area contributed by atoms with Crippen LogP contribution in [0.2, 0.25) is 0 Å². The number of aliphatic carboxylic acids is 1. The number of phenols is 2. The fourth-order valence-corrected chi connectivity index (χ4v) is 3.73. The average Bonchev–Trinajstić information content (AvgIpc) is 2.83. The molecule has 0 radical (unpaired) electrons. The summed E-state index contributed by atoms with van der Waals surface area (Å²) >= 11 is 0. The van der Waals surface area contributed by atoms with E-state index in [-0.39, 0.29) is 34.0 Å². The van der Waals surface area contributed by atoms with Gasteiger partial charge in [0.15, 0.2) is 5.43 Å². The molecule has 5 atom stereocenters. The third kappa shape index (κ3) is 5.65. The number of rotatable bonds is 7. The van der Waals surface area contributed by atoms with Crippen LogP contribution in [0.1, 0.15) is 6.42 Å². The number of carbonyl (C=O) groups is 2. The van der Waals surface area contributed by atoms with Crippen LogP contribution in [0.15, 0.2) is 51.7 Å². The van der Waals surface area contributed by atoms with Crippen molar-refractivity contribution in [1.29, 1.82) is 0 Å². The number of aromatic hydroxyl groups is 2. The third-order valence-corrected chi connectivity index (χ3v) is 5.55. The highest BCUT2D eigenvalue weighted by Gasteiger charge is 2.45. The molecule has 0 unspecified atom stereocenters. The molecule has 2 aromatic carbocycles. The van der Waals surface area contributed by atoms with Crippen molar-refractivity contribution < 1.29 is 58.9 Å². The van der Waals surface area contributed by atoms with Gasteiger partial charge in [0.1, 0.15) is 71.4 Å². The van der Waals surface area contributed by atoms with Gasteiger partial charge in [-0.15, -0.1) is 0 Å². The zero-order valence-electron chi connectivity index (χ0n) is 18.9. The van der Waals surface area contributed by atoms with Gasteiger partial charge < -0.3 is 49.3 Å². The van der Waals surface area contributed by atoms with E-state index in [1.165, 1.54) is 24.3 Å². The van der Waals surface area contributed by atoms with E-state index in [0.717, 1.165) is 18.2 Å². The molecule has 1 saturated heterocycles. The Morgan fingerprint density at radius 1 is 0.919 bits per heavy atom. The molecule has 0 bridgehead atoms. The fraction of sp³-hybridized carbons (Fsp3) is 0.292. The number of benzene rings is 2. The van der Waals surface area contributed by atoms with Gasteiger partial charge in [0.2, 0.25) is 6.29 Å². The summed E-state index contributed by atoms with van der Waals surface area (Å²) in [5.74, 6) is -3.08. The summed E-state index contributed by atoms with van der Waals surface area (Å²) in [4.78, 5) is 35.1. The quantitative estimate of drug-likeness (QED) is 0.181. The second-order valence-corrected chi connectivity index (χ2v) is 8.22. The molecule has 3 aromatic rings. The molecule has 0 aliphatic carbocycles. The zero-order chi connectivity index (χ0) is 26.9. The van der Waals surface area contributed by atoms with Crippen LogP contribution >= 0.6 is 0 Å². The molecule has 2 heterocycles. The summed E-state index contributed by atoms with van der Waals surface area (Å²) < 4.78 is 21.5. The number of fused-ring (bicyclic) bond motifs is 1. The maximum absolute atomic E-state index is 13.0. The van der Waals surface area contributed by atoms with Crippen molar-refractivity contribution in [1.82, 2.24) is 0 Å². The van der Waals surface area contributed by atoms with Crippen LogP contribution in [0, 0.1) is 0 Å². The van der Waals surface area contributed by atoms with Crippen LogP contribution in [-0.2, 0) is 19.1 Å². The largest absolute Gasteiger partial charge is 0.508 e. The molecule has 196 valence electrons. The number of hydrogen-bond donors (Lipinski definition) is 6. The lowest BCUT2D eigenvalue weighted by atomic mass is 9.99. The summed E-state index contributed by atoms with van der Waals surface area (Å²) in [5.41, 5.74) is -0.217. The van der Waals surface area contributed by atoms with Gasteiger partial charge in [-0.3, -0.25) is 14.4 Å². The molecule has 13 heteroatoms. The number of carboxylic acids is 1. The van der Waals surface area contributed by atoms with Crippen molar-refractivity contribution in [2.45, 2.75) is 37.1 Å². The van der Waals surface area contributed by atoms with Crippen molar-refractivity contribution in [2.24, 2.45) is 0 Å². The minimum absolute atomic E-state index is 0.00789. The minimum Gasteiger partial charge on any atom is -0.508 e. The minimum atomic E-state index is -1.83. The Hall–Kier alpha value is -4.17. The Labute approximate surface area is 207 Å². The molecule has 1 fully saturated rings. The van der Waals surface area contributed by atoms with Gasteiger partial charge in [-0.05, 0) is 24.3 Å².